The van der Waals surface area contributed by atoms with E-state index in [0.29, 0.717) is 6.42 Å². The average molecular weight is 374 g/mol. The van der Waals surface area contributed by atoms with Crippen LogP contribution in [0.1, 0.15) is 24.8 Å². The van der Waals surface area contributed by atoms with Crippen molar-refractivity contribution in [2.24, 2.45) is 5.92 Å². The number of thioether (sulfide) groups is 1. The zero-order valence-electron chi connectivity index (χ0n) is 14.1. The van der Waals surface area contributed by atoms with Crippen molar-refractivity contribution in [2.75, 3.05) is 13.1 Å². The number of benzene rings is 1. The summed E-state index contributed by atoms with van der Waals surface area (Å²) in [6.07, 6.45) is 7.90. The number of rotatable bonds is 6. The van der Waals surface area contributed by atoms with E-state index in [1.54, 1.807) is 18.2 Å². The van der Waals surface area contributed by atoms with Crippen LogP contribution in [0.3, 0.4) is 0 Å². The topological polar surface area (TPSA) is 66.5 Å². The van der Waals surface area contributed by atoms with Crippen molar-refractivity contribution in [2.45, 2.75) is 19.3 Å². The third kappa shape index (κ3) is 4.40. The number of hydrogen-bond acceptors (Lipinski definition) is 4. The maximum atomic E-state index is 13.7. The molecule has 1 aliphatic carbocycles. The molecule has 1 aromatic rings. The monoisotopic (exact) mass is 374 g/mol. The van der Waals surface area contributed by atoms with Crippen molar-refractivity contribution < 1.29 is 18.8 Å². The molecule has 3 amide bonds. The van der Waals surface area contributed by atoms with Gasteiger partial charge < -0.3 is 5.32 Å². The minimum Gasteiger partial charge on any atom is -0.354 e. The Kier molecular flexibility index (Phi) is 5.88. The predicted octanol–water partition coefficient (Wildman–Crippen LogP) is 3.33. The normalized spacial score (nSPS) is 21.0. The summed E-state index contributed by atoms with van der Waals surface area (Å²) in [5, 5.41) is 2.33. The second kappa shape index (κ2) is 8.31. The molecule has 3 rings (SSSR count). The molecule has 1 atom stereocenters. The number of carbonyl (C=O) groups excluding carboxylic acids is 3. The van der Waals surface area contributed by atoms with Gasteiger partial charge in [-0.15, -0.1) is 0 Å². The fourth-order valence-corrected chi connectivity index (χ4v) is 3.76. The molecule has 1 aromatic carbocycles. The van der Waals surface area contributed by atoms with Crippen molar-refractivity contribution in [1.82, 2.24) is 10.2 Å². The zero-order chi connectivity index (χ0) is 18.5. The van der Waals surface area contributed by atoms with Crippen LogP contribution in [0, 0.1) is 11.7 Å². The molecule has 1 saturated heterocycles. The molecule has 0 aromatic heterocycles. The third-order valence-corrected chi connectivity index (χ3v) is 5.19. The highest BCUT2D eigenvalue weighted by Crippen LogP contribution is 2.32. The van der Waals surface area contributed by atoms with Crippen molar-refractivity contribution in [1.29, 1.82) is 0 Å². The van der Waals surface area contributed by atoms with E-state index in [1.807, 2.05) is 6.08 Å². The Morgan fingerprint density at radius 3 is 2.88 bits per heavy atom. The number of amides is 3. The van der Waals surface area contributed by atoms with Gasteiger partial charge in [0.15, 0.2) is 0 Å². The van der Waals surface area contributed by atoms with Crippen LogP contribution in [0.2, 0.25) is 0 Å². The third-order valence-electron chi connectivity index (χ3n) is 4.28. The lowest BCUT2D eigenvalue weighted by molar-refractivity contribution is -0.124. The van der Waals surface area contributed by atoms with Gasteiger partial charge in [0.05, 0.1) is 4.91 Å². The Balaban J connectivity index is 1.53. The number of halogens is 1. The molecule has 1 fully saturated rings. The van der Waals surface area contributed by atoms with E-state index in [4.69, 9.17) is 0 Å². The summed E-state index contributed by atoms with van der Waals surface area (Å²) in [5.74, 6) is -0.727. The highest BCUT2D eigenvalue weighted by Gasteiger charge is 2.34. The summed E-state index contributed by atoms with van der Waals surface area (Å²) < 4.78 is 13.7. The molecule has 5 nitrogen and oxygen atoms in total. The van der Waals surface area contributed by atoms with E-state index in [-0.39, 0.29) is 35.4 Å². The first-order chi connectivity index (χ1) is 12.5. The van der Waals surface area contributed by atoms with Gasteiger partial charge >= 0.3 is 0 Å². The molecule has 1 N–H and O–H groups in total. The van der Waals surface area contributed by atoms with Crippen LogP contribution < -0.4 is 5.32 Å². The largest absolute Gasteiger partial charge is 0.354 e. The van der Waals surface area contributed by atoms with Crippen LogP contribution in [0.5, 0.6) is 0 Å². The van der Waals surface area contributed by atoms with E-state index in [2.05, 4.69) is 11.4 Å². The smallest absolute Gasteiger partial charge is 0.293 e. The van der Waals surface area contributed by atoms with Crippen molar-refractivity contribution in [3.05, 3.63) is 52.7 Å². The van der Waals surface area contributed by atoms with E-state index in [1.165, 1.54) is 12.1 Å². The Morgan fingerprint density at radius 2 is 2.15 bits per heavy atom. The maximum Gasteiger partial charge on any atom is 0.293 e. The lowest BCUT2D eigenvalue weighted by Crippen LogP contribution is -2.37. The number of carbonyl (C=O) groups is 3. The lowest BCUT2D eigenvalue weighted by Gasteiger charge is -2.13. The first-order valence-corrected chi connectivity index (χ1v) is 9.29. The number of imide groups is 1. The van der Waals surface area contributed by atoms with Gasteiger partial charge in [0.1, 0.15) is 5.82 Å². The fourth-order valence-electron chi connectivity index (χ4n) is 2.91. The fraction of sp³-hybridized carbons (Fsp3) is 0.316. The van der Waals surface area contributed by atoms with Gasteiger partial charge in [-0.2, -0.15) is 0 Å². The van der Waals surface area contributed by atoms with Crippen LogP contribution in [-0.4, -0.2) is 35.0 Å². The number of hydrogen-bond donors (Lipinski definition) is 1. The van der Waals surface area contributed by atoms with Crippen molar-refractivity contribution in [3.63, 3.8) is 0 Å². The quantitative estimate of drug-likeness (QED) is 0.613. The molecular weight excluding hydrogens is 355 g/mol. The summed E-state index contributed by atoms with van der Waals surface area (Å²) in [5.41, 5.74) is 0.260. The van der Waals surface area contributed by atoms with Gasteiger partial charge in [-0.3, -0.25) is 19.3 Å². The van der Waals surface area contributed by atoms with E-state index in [9.17, 15) is 18.8 Å². The van der Waals surface area contributed by atoms with Gasteiger partial charge in [0.25, 0.3) is 11.1 Å². The Bertz CT molecular complexity index is 791. The molecule has 0 unspecified atom stereocenters. The first kappa shape index (κ1) is 18.4. The van der Waals surface area contributed by atoms with Gasteiger partial charge in [-0.25, -0.2) is 4.39 Å². The highest BCUT2D eigenvalue weighted by atomic mass is 32.2. The van der Waals surface area contributed by atoms with Gasteiger partial charge in [-0.05, 0) is 42.7 Å². The molecule has 7 heteroatoms. The molecular formula is C19H19FN2O3S. The molecule has 0 bridgehead atoms. The van der Waals surface area contributed by atoms with Crippen LogP contribution in [0.4, 0.5) is 9.18 Å². The lowest BCUT2D eigenvalue weighted by atomic mass is 10.1. The van der Waals surface area contributed by atoms with E-state index >= 15 is 0 Å². The predicted molar refractivity (Wildman–Crippen MR) is 98.6 cm³/mol. The van der Waals surface area contributed by atoms with Crippen molar-refractivity contribution >= 4 is 34.9 Å². The van der Waals surface area contributed by atoms with Gasteiger partial charge in [0.2, 0.25) is 5.91 Å². The zero-order valence-corrected chi connectivity index (χ0v) is 14.9. The number of nitrogens with one attached hydrogen (secondary N) is 1. The SMILES string of the molecule is O=C(C[C@@H]1C=CCC1)NCCN1C(=O)S/C(=C\c2ccccc2F)C1=O. The van der Waals surface area contributed by atoms with Crippen LogP contribution in [0.25, 0.3) is 6.08 Å². The maximum absolute atomic E-state index is 13.7. The summed E-state index contributed by atoms with van der Waals surface area (Å²) in [7, 11) is 0. The minimum atomic E-state index is -0.462. The number of nitrogens with zero attached hydrogens (tertiary/aromatic N) is 1. The Hall–Kier alpha value is -2.41. The van der Waals surface area contributed by atoms with Crippen LogP contribution >= 0.6 is 11.8 Å². The van der Waals surface area contributed by atoms with E-state index in [0.717, 1.165) is 29.5 Å². The Labute approximate surface area is 155 Å². The average Bonchev–Trinajstić information content (AvgIpc) is 3.20. The summed E-state index contributed by atoms with van der Waals surface area (Å²) in [6.45, 7) is 0.311. The second-order valence-corrected chi connectivity index (χ2v) is 7.17. The molecule has 1 heterocycles. The van der Waals surface area contributed by atoms with Gasteiger partial charge in [-0.1, -0.05) is 30.4 Å². The molecule has 1 aliphatic heterocycles. The van der Waals surface area contributed by atoms with Crippen LogP contribution in [0.15, 0.2) is 41.3 Å². The first-order valence-electron chi connectivity index (χ1n) is 8.48. The summed E-state index contributed by atoms with van der Waals surface area (Å²) in [6, 6.07) is 6.06. The number of allylic oxidation sites excluding steroid dienone is 2. The van der Waals surface area contributed by atoms with Gasteiger partial charge in [0, 0.05) is 25.1 Å². The Morgan fingerprint density at radius 1 is 1.35 bits per heavy atom. The van der Waals surface area contributed by atoms with Crippen LogP contribution in [-0.2, 0) is 9.59 Å². The summed E-state index contributed by atoms with van der Waals surface area (Å²) >= 11 is 0.780. The standard InChI is InChI=1S/C19H19FN2O3S/c20-15-8-4-3-7-14(15)12-16-18(24)22(19(25)26-16)10-9-21-17(23)11-13-5-1-2-6-13/h1,3-5,7-8,12-13H,2,6,9-11H2,(H,21,23)/b16-12-/t13-/m1/s1. The molecule has 0 spiro atoms. The molecule has 136 valence electrons. The second-order valence-electron chi connectivity index (χ2n) is 6.17. The minimum absolute atomic E-state index is 0.0876. The molecule has 0 saturated carbocycles. The van der Waals surface area contributed by atoms with E-state index < -0.39 is 17.0 Å². The van der Waals surface area contributed by atoms with Crippen molar-refractivity contribution in [3.8, 4) is 0 Å². The summed E-state index contributed by atoms with van der Waals surface area (Å²) in [4.78, 5) is 37.5. The molecule has 2 aliphatic rings. The highest BCUT2D eigenvalue weighted by molar-refractivity contribution is 8.18. The molecule has 0 radical (unpaired) electrons. The molecule has 26 heavy (non-hydrogen) atoms.